The van der Waals surface area contributed by atoms with E-state index >= 15 is 0 Å². The van der Waals surface area contributed by atoms with Crippen molar-refractivity contribution in [3.63, 3.8) is 0 Å². The minimum atomic E-state index is -0.762. The first-order chi connectivity index (χ1) is 27.6. The first kappa shape index (κ1) is 55.4. The number of carbonyl (C=O) groups excluding carboxylic acids is 3. The van der Waals surface area contributed by atoms with Crippen LogP contribution < -0.4 is 0 Å². The average Bonchev–Trinajstić information content (AvgIpc) is 3.18. The summed E-state index contributed by atoms with van der Waals surface area (Å²) in [6.07, 6.45) is 41.0. The Morgan fingerprint density at radius 1 is 0.351 bits per heavy atom. The second-order valence-electron chi connectivity index (χ2n) is 18.6. The zero-order valence-electron chi connectivity index (χ0n) is 39.1. The number of ether oxygens (including phenoxy) is 3. The Morgan fingerprint density at radius 3 is 0.912 bits per heavy atom. The molecule has 0 N–H and O–H groups in total. The Balaban J connectivity index is 4.25. The van der Waals surface area contributed by atoms with Gasteiger partial charge in [-0.2, -0.15) is 0 Å². The van der Waals surface area contributed by atoms with Gasteiger partial charge in [-0.15, -0.1) is 0 Å². The molecule has 0 heterocycles. The minimum Gasteiger partial charge on any atom is -0.462 e. The topological polar surface area (TPSA) is 78.9 Å². The molecule has 0 spiro atoms. The van der Waals surface area contributed by atoms with Gasteiger partial charge < -0.3 is 14.2 Å². The normalized spacial score (nSPS) is 12.6. The van der Waals surface area contributed by atoms with Crippen LogP contribution in [0.4, 0.5) is 0 Å². The summed E-state index contributed by atoms with van der Waals surface area (Å²) in [5.41, 5.74) is 0. The summed E-state index contributed by atoms with van der Waals surface area (Å²) in [5, 5.41) is 0. The molecular weight excluding hydrogens is 709 g/mol. The highest BCUT2D eigenvalue weighted by Crippen LogP contribution is 2.18. The van der Waals surface area contributed by atoms with Crippen LogP contribution in [0.25, 0.3) is 0 Å². The van der Waals surface area contributed by atoms with Crippen LogP contribution in [0.2, 0.25) is 0 Å². The highest BCUT2D eigenvalue weighted by Gasteiger charge is 2.19. The number of hydrogen-bond acceptors (Lipinski definition) is 6. The molecule has 6 heteroatoms. The molecule has 338 valence electrons. The maximum atomic E-state index is 12.7. The lowest BCUT2D eigenvalue weighted by Crippen LogP contribution is -2.30. The number of unbranched alkanes of at least 4 members (excludes halogenated alkanes) is 26. The predicted octanol–water partition coefficient (Wildman–Crippen LogP) is 16.0. The van der Waals surface area contributed by atoms with Gasteiger partial charge in [0.2, 0.25) is 0 Å². The van der Waals surface area contributed by atoms with Gasteiger partial charge in [-0.25, -0.2) is 0 Å². The molecule has 0 aromatic rings. The monoisotopic (exact) mass is 807 g/mol. The molecule has 0 bridgehead atoms. The van der Waals surface area contributed by atoms with E-state index in [0.29, 0.717) is 19.3 Å². The molecule has 0 radical (unpaired) electrons. The zero-order chi connectivity index (χ0) is 42.0. The van der Waals surface area contributed by atoms with Crippen molar-refractivity contribution < 1.29 is 28.6 Å². The molecule has 1 unspecified atom stereocenters. The summed E-state index contributed by atoms with van der Waals surface area (Å²) in [4.78, 5) is 37.8. The van der Waals surface area contributed by atoms with Crippen molar-refractivity contribution in [2.24, 2.45) is 17.8 Å². The van der Waals surface area contributed by atoms with Crippen LogP contribution in [0.1, 0.15) is 273 Å². The summed E-state index contributed by atoms with van der Waals surface area (Å²) in [6, 6.07) is 0. The molecule has 0 aliphatic rings. The summed E-state index contributed by atoms with van der Waals surface area (Å²) in [5.74, 6) is 1.60. The lowest BCUT2D eigenvalue weighted by atomic mass is 9.99. The van der Waals surface area contributed by atoms with E-state index in [9.17, 15) is 14.4 Å². The molecular formula is C51H98O6. The fourth-order valence-electron chi connectivity index (χ4n) is 7.55. The smallest absolute Gasteiger partial charge is 0.306 e. The van der Waals surface area contributed by atoms with Crippen molar-refractivity contribution in [3.8, 4) is 0 Å². The standard InChI is InChI=1S/C51H98O6/c1-7-47(6)39-33-27-20-16-12-10-8-9-11-13-17-21-28-34-40-49(52)55-43-48(44-56-50(53)41-35-29-24-23-26-32-38-46(4)5)57-51(54)42-36-30-22-18-14-15-19-25-31-37-45(2)3/h45-48H,7-44H2,1-6H3/t47?,48-/m1/s1. The van der Waals surface area contributed by atoms with Gasteiger partial charge >= 0.3 is 17.9 Å². The number of carbonyl (C=O) groups is 3. The van der Waals surface area contributed by atoms with Crippen LogP contribution in [-0.2, 0) is 28.6 Å². The largest absolute Gasteiger partial charge is 0.462 e. The molecule has 0 fully saturated rings. The summed E-state index contributed by atoms with van der Waals surface area (Å²) in [6.45, 7) is 13.7. The molecule has 0 saturated carbocycles. The number of esters is 3. The lowest BCUT2D eigenvalue weighted by Gasteiger charge is -2.18. The van der Waals surface area contributed by atoms with Crippen LogP contribution in [0, 0.1) is 17.8 Å². The van der Waals surface area contributed by atoms with Crippen molar-refractivity contribution in [2.75, 3.05) is 13.2 Å². The summed E-state index contributed by atoms with van der Waals surface area (Å²) < 4.78 is 16.8. The molecule has 0 aliphatic heterocycles. The predicted molar refractivity (Wildman–Crippen MR) is 243 cm³/mol. The molecule has 0 amide bonds. The van der Waals surface area contributed by atoms with E-state index in [1.165, 1.54) is 154 Å². The van der Waals surface area contributed by atoms with Crippen molar-refractivity contribution in [1.82, 2.24) is 0 Å². The van der Waals surface area contributed by atoms with Crippen LogP contribution in [0.3, 0.4) is 0 Å². The Kier molecular flexibility index (Phi) is 41.3. The molecule has 0 saturated heterocycles. The fraction of sp³-hybridized carbons (Fsp3) is 0.941. The Labute approximate surface area is 355 Å². The molecule has 0 aromatic carbocycles. The molecule has 6 nitrogen and oxygen atoms in total. The van der Waals surface area contributed by atoms with Crippen LogP contribution >= 0.6 is 0 Å². The number of hydrogen-bond donors (Lipinski definition) is 0. The summed E-state index contributed by atoms with van der Waals surface area (Å²) in [7, 11) is 0. The van der Waals surface area contributed by atoms with E-state index < -0.39 is 6.10 Å². The van der Waals surface area contributed by atoms with E-state index in [2.05, 4.69) is 41.5 Å². The summed E-state index contributed by atoms with van der Waals surface area (Å²) >= 11 is 0. The maximum absolute atomic E-state index is 12.7. The fourth-order valence-corrected chi connectivity index (χ4v) is 7.55. The van der Waals surface area contributed by atoms with Gasteiger partial charge in [0.15, 0.2) is 6.10 Å². The molecule has 0 aromatic heterocycles. The first-order valence-electron chi connectivity index (χ1n) is 25.1. The lowest BCUT2D eigenvalue weighted by molar-refractivity contribution is -0.167. The van der Waals surface area contributed by atoms with Crippen molar-refractivity contribution >= 4 is 17.9 Å². The highest BCUT2D eigenvalue weighted by molar-refractivity contribution is 5.71. The first-order valence-corrected chi connectivity index (χ1v) is 25.1. The molecule has 0 aliphatic carbocycles. The van der Waals surface area contributed by atoms with E-state index in [1.54, 1.807) is 0 Å². The van der Waals surface area contributed by atoms with Gasteiger partial charge in [0, 0.05) is 19.3 Å². The van der Waals surface area contributed by atoms with E-state index in [-0.39, 0.29) is 31.1 Å². The Bertz CT molecular complexity index is 885. The molecule has 2 atom stereocenters. The third-order valence-electron chi connectivity index (χ3n) is 11.8. The number of rotatable bonds is 44. The minimum absolute atomic E-state index is 0.0658. The van der Waals surface area contributed by atoms with Crippen molar-refractivity contribution in [2.45, 2.75) is 279 Å². The van der Waals surface area contributed by atoms with Crippen molar-refractivity contribution in [3.05, 3.63) is 0 Å². The third-order valence-corrected chi connectivity index (χ3v) is 11.8. The Hall–Kier alpha value is -1.59. The second kappa shape index (κ2) is 42.5. The van der Waals surface area contributed by atoms with Crippen molar-refractivity contribution in [1.29, 1.82) is 0 Å². The van der Waals surface area contributed by atoms with E-state index in [0.717, 1.165) is 75.5 Å². The van der Waals surface area contributed by atoms with Crippen LogP contribution in [-0.4, -0.2) is 37.2 Å². The van der Waals surface area contributed by atoms with E-state index in [4.69, 9.17) is 14.2 Å². The molecule has 0 rings (SSSR count). The molecule has 57 heavy (non-hydrogen) atoms. The second-order valence-corrected chi connectivity index (χ2v) is 18.6. The zero-order valence-corrected chi connectivity index (χ0v) is 39.1. The van der Waals surface area contributed by atoms with E-state index in [1.807, 2.05) is 0 Å². The third kappa shape index (κ3) is 43.8. The van der Waals surface area contributed by atoms with Gasteiger partial charge in [-0.1, -0.05) is 234 Å². The average molecular weight is 807 g/mol. The van der Waals surface area contributed by atoms with Crippen LogP contribution in [0.5, 0.6) is 0 Å². The van der Waals surface area contributed by atoms with Gasteiger partial charge in [0.05, 0.1) is 0 Å². The quantitative estimate of drug-likeness (QED) is 0.0347. The highest BCUT2D eigenvalue weighted by atomic mass is 16.6. The van der Waals surface area contributed by atoms with Crippen LogP contribution in [0.15, 0.2) is 0 Å². The SMILES string of the molecule is CCC(C)CCCCCCCCCCCCCCCCC(=O)OC[C@H](COC(=O)CCCCCCCCC(C)C)OC(=O)CCCCCCCCCCCC(C)C. The Morgan fingerprint density at radius 2 is 0.614 bits per heavy atom. The van der Waals surface area contributed by atoms with Gasteiger partial charge in [0.1, 0.15) is 13.2 Å². The maximum Gasteiger partial charge on any atom is 0.306 e. The van der Waals surface area contributed by atoms with Gasteiger partial charge in [-0.3, -0.25) is 14.4 Å². The van der Waals surface area contributed by atoms with Gasteiger partial charge in [-0.05, 0) is 37.0 Å². The van der Waals surface area contributed by atoms with Gasteiger partial charge in [0.25, 0.3) is 0 Å².